The molecule has 6 heteroatoms. The van der Waals surface area contributed by atoms with Crippen molar-refractivity contribution in [3.05, 3.63) is 47.1 Å². The molecule has 1 aromatic heterocycles. The van der Waals surface area contributed by atoms with E-state index in [2.05, 4.69) is 15.5 Å². The Labute approximate surface area is 115 Å². The van der Waals surface area contributed by atoms with Crippen LogP contribution in [0.2, 0.25) is 5.15 Å². The Hall–Kier alpha value is -2.14. The van der Waals surface area contributed by atoms with Gasteiger partial charge in [0.05, 0.1) is 6.61 Å². The number of hydrogen-bond donors (Lipinski definition) is 1. The first-order valence-electron chi connectivity index (χ1n) is 5.72. The van der Waals surface area contributed by atoms with Crippen LogP contribution in [0.15, 0.2) is 36.4 Å². The predicted molar refractivity (Wildman–Crippen MR) is 72.6 cm³/mol. The summed E-state index contributed by atoms with van der Waals surface area (Å²) in [4.78, 5) is 11.9. The van der Waals surface area contributed by atoms with Crippen LogP contribution in [0.5, 0.6) is 5.75 Å². The van der Waals surface area contributed by atoms with E-state index in [0.29, 0.717) is 18.0 Å². The summed E-state index contributed by atoms with van der Waals surface area (Å²) in [5, 5.41) is 10.3. The minimum Gasteiger partial charge on any atom is -0.494 e. The summed E-state index contributed by atoms with van der Waals surface area (Å²) >= 11 is 5.61. The lowest BCUT2D eigenvalue weighted by Gasteiger charge is -2.05. The maximum absolute atomic E-state index is 11.9. The first-order chi connectivity index (χ1) is 9.19. The summed E-state index contributed by atoms with van der Waals surface area (Å²) < 4.78 is 5.30. The van der Waals surface area contributed by atoms with Gasteiger partial charge in [0.1, 0.15) is 5.75 Å². The molecule has 19 heavy (non-hydrogen) atoms. The van der Waals surface area contributed by atoms with Crippen LogP contribution < -0.4 is 10.1 Å². The molecule has 1 N–H and O–H groups in total. The van der Waals surface area contributed by atoms with Gasteiger partial charge in [0, 0.05) is 5.56 Å². The van der Waals surface area contributed by atoms with Crippen molar-refractivity contribution in [2.24, 2.45) is 0 Å². The SMILES string of the molecule is CCOc1ccc(C(=O)Nc2ccc(Cl)nn2)cc1. The van der Waals surface area contributed by atoms with Crippen LogP contribution in [0.1, 0.15) is 17.3 Å². The topological polar surface area (TPSA) is 64.1 Å². The summed E-state index contributed by atoms with van der Waals surface area (Å²) in [5.41, 5.74) is 0.514. The number of nitrogens with one attached hydrogen (secondary N) is 1. The number of benzene rings is 1. The third-order valence-electron chi connectivity index (χ3n) is 2.30. The first-order valence-corrected chi connectivity index (χ1v) is 6.10. The number of hydrogen-bond acceptors (Lipinski definition) is 4. The highest BCUT2D eigenvalue weighted by atomic mass is 35.5. The summed E-state index contributed by atoms with van der Waals surface area (Å²) in [5.74, 6) is 0.813. The van der Waals surface area contributed by atoms with Gasteiger partial charge in [0.2, 0.25) is 0 Å². The highest BCUT2D eigenvalue weighted by Gasteiger charge is 2.07. The van der Waals surface area contributed by atoms with Crippen molar-refractivity contribution in [3.63, 3.8) is 0 Å². The Bertz CT molecular complexity index is 555. The van der Waals surface area contributed by atoms with Crippen molar-refractivity contribution in [3.8, 4) is 5.75 Å². The second kappa shape index (κ2) is 6.15. The number of anilines is 1. The van der Waals surface area contributed by atoms with Crippen molar-refractivity contribution in [1.82, 2.24) is 10.2 Å². The zero-order valence-corrected chi connectivity index (χ0v) is 11.0. The molecule has 0 unspecified atom stereocenters. The standard InChI is InChI=1S/C13H12ClN3O2/c1-2-19-10-5-3-9(4-6-10)13(18)15-12-8-7-11(14)16-17-12/h3-8H,2H2,1H3,(H,15,17,18). The molecule has 2 aromatic rings. The lowest BCUT2D eigenvalue weighted by atomic mass is 10.2. The molecule has 0 fully saturated rings. The zero-order chi connectivity index (χ0) is 13.7. The molecule has 0 saturated heterocycles. The number of aromatic nitrogens is 2. The molecule has 1 amide bonds. The summed E-state index contributed by atoms with van der Waals surface area (Å²) in [7, 11) is 0. The van der Waals surface area contributed by atoms with Crippen molar-refractivity contribution in [2.45, 2.75) is 6.92 Å². The number of ether oxygens (including phenoxy) is 1. The Morgan fingerprint density at radius 1 is 1.21 bits per heavy atom. The van der Waals surface area contributed by atoms with Gasteiger partial charge in [-0.1, -0.05) is 11.6 Å². The van der Waals surface area contributed by atoms with E-state index >= 15 is 0 Å². The molecule has 0 atom stereocenters. The molecule has 0 radical (unpaired) electrons. The molecular weight excluding hydrogens is 266 g/mol. The van der Waals surface area contributed by atoms with Gasteiger partial charge in [-0.3, -0.25) is 4.79 Å². The van der Waals surface area contributed by atoms with Crippen molar-refractivity contribution < 1.29 is 9.53 Å². The lowest BCUT2D eigenvalue weighted by molar-refractivity contribution is 0.102. The summed E-state index contributed by atoms with van der Waals surface area (Å²) in [6, 6.07) is 10.00. The van der Waals surface area contributed by atoms with E-state index in [9.17, 15) is 4.79 Å². The van der Waals surface area contributed by atoms with E-state index in [1.54, 1.807) is 36.4 Å². The zero-order valence-electron chi connectivity index (χ0n) is 10.3. The third-order valence-corrected chi connectivity index (χ3v) is 2.50. The largest absolute Gasteiger partial charge is 0.494 e. The van der Waals surface area contributed by atoms with Crippen LogP contribution in [0.4, 0.5) is 5.82 Å². The van der Waals surface area contributed by atoms with Gasteiger partial charge in [-0.15, -0.1) is 10.2 Å². The molecule has 98 valence electrons. The van der Waals surface area contributed by atoms with Gasteiger partial charge in [-0.25, -0.2) is 0 Å². The van der Waals surface area contributed by atoms with E-state index < -0.39 is 0 Å². The maximum atomic E-state index is 11.9. The molecule has 0 bridgehead atoms. The Balaban J connectivity index is 2.05. The summed E-state index contributed by atoms with van der Waals surface area (Å²) in [6.45, 7) is 2.49. The van der Waals surface area contributed by atoms with Crippen LogP contribution >= 0.6 is 11.6 Å². The molecule has 0 saturated carbocycles. The first kappa shape index (κ1) is 13.3. The number of halogens is 1. The highest BCUT2D eigenvalue weighted by Crippen LogP contribution is 2.13. The second-order valence-corrected chi connectivity index (χ2v) is 4.04. The molecule has 0 aliphatic heterocycles. The fraction of sp³-hybridized carbons (Fsp3) is 0.154. The number of nitrogens with zero attached hydrogens (tertiary/aromatic N) is 2. The minimum atomic E-state index is -0.264. The molecule has 0 aliphatic carbocycles. The van der Waals surface area contributed by atoms with Crippen molar-refractivity contribution >= 4 is 23.3 Å². The van der Waals surface area contributed by atoms with Gasteiger partial charge in [-0.2, -0.15) is 0 Å². The fourth-order valence-electron chi connectivity index (χ4n) is 1.44. The molecular formula is C13H12ClN3O2. The van der Waals surface area contributed by atoms with Crippen LogP contribution in [-0.2, 0) is 0 Å². The van der Waals surface area contributed by atoms with Gasteiger partial charge in [-0.05, 0) is 43.3 Å². The smallest absolute Gasteiger partial charge is 0.256 e. The predicted octanol–water partition coefficient (Wildman–Crippen LogP) is 2.78. The lowest BCUT2D eigenvalue weighted by Crippen LogP contribution is -2.13. The number of carbonyl (C=O) groups excluding carboxylic acids is 1. The molecule has 2 rings (SSSR count). The van der Waals surface area contributed by atoms with Gasteiger partial charge in [0.25, 0.3) is 5.91 Å². The average Bonchev–Trinajstić information content (AvgIpc) is 2.42. The van der Waals surface area contributed by atoms with Crippen LogP contribution in [-0.4, -0.2) is 22.7 Å². The fourth-order valence-corrected chi connectivity index (χ4v) is 1.54. The molecule has 1 aromatic carbocycles. The minimum absolute atomic E-state index is 0.264. The number of rotatable bonds is 4. The second-order valence-electron chi connectivity index (χ2n) is 3.65. The van der Waals surface area contributed by atoms with Crippen molar-refractivity contribution in [2.75, 3.05) is 11.9 Å². The Morgan fingerprint density at radius 2 is 1.95 bits per heavy atom. The maximum Gasteiger partial charge on any atom is 0.256 e. The van der Waals surface area contributed by atoms with Crippen LogP contribution in [0.25, 0.3) is 0 Å². The normalized spacial score (nSPS) is 10.0. The highest BCUT2D eigenvalue weighted by molar-refractivity contribution is 6.29. The Morgan fingerprint density at radius 3 is 2.53 bits per heavy atom. The van der Waals surface area contributed by atoms with Gasteiger partial charge in [0.15, 0.2) is 11.0 Å². The van der Waals surface area contributed by atoms with Gasteiger partial charge >= 0.3 is 0 Å². The number of amides is 1. The van der Waals surface area contributed by atoms with Crippen LogP contribution in [0, 0.1) is 0 Å². The van der Waals surface area contributed by atoms with Crippen LogP contribution in [0.3, 0.4) is 0 Å². The van der Waals surface area contributed by atoms with E-state index in [0.717, 1.165) is 5.75 Å². The summed E-state index contributed by atoms with van der Waals surface area (Å²) in [6.07, 6.45) is 0. The molecule has 5 nitrogen and oxygen atoms in total. The van der Waals surface area contributed by atoms with E-state index in [-0.39, 0.29) is 11.1 Å². The molecule has 0 aliphatic rings. The third kappa shape index (κ3) is 3.66. The van der Waals surface area contributed by atoms with E-state index in [4.69, 9.17) is 16.3 Å². The monoisotopic (exact) mass is 277 g/mol. The van der Waals surface area contributed by atoms with Crippen molar-refractivity contribution in [1.29, 1.82) is 0 Å². The molecule has 0 spiro atoms. The van der Waals surface area contributed by atoms with E-state index in [1.807, 2.05) is 6.92 Å². The average molecular weight is 278 g/mol. The number of carbonyl (C=O) groups is 1. The Kier molecular flexibility index (Phi) is 4.30. The van der Waals surface area contributed by atoms with E-state index in [1.165, 1.54) is 0 Å². The quantitative estimate of drug-likeness (QED) is 0.933. The van der Waals surface area contributed by atoms with Gasteiger partial charge < -0.3 is 10.1 Å². The molecule has 1 heterocycles.